The van der Waals surface area contributed by atoms with Crippen LogP contribution in [0.5, 0.6) is 5.75 Å². The van der Waals surface area contributed by atoms with Gasteiger partial charge in [-0.1, -0.05) is 0 Å². The summed E-state index contributed by atoms with van der Waals surface area (Å²) in [4.78, 5) is 0.0621. The number of benzene rings is 1. The second kappa shape index (κ2) is 3.42. The lowest BCUT2D eigenvalue weighted by Crippen LogP contribution is -2.11. The van der Waals surface area contributed by atoms with Crippen LogP contribution < -0.4 is 4.74 Å². The zero-order valence-corrected chi connectivity index (χ0v) is 8.64. The van der Waals surface area contributed by atoms with Crippen molar-refractivity contribution in [1.29, 1.82) is 0 Å². The predicted molar refractivity (Wildman–Crippen MR) is 49.8 cm³/mol. The van der Waals surface area contributed by atoms with Crippen LogP contribution in [-0.4, -0.2) is 15.2 Å². The van der Waals surface area contributed by atoms with E-state index in [9.17, 15) is 8.42 Å². The Hall–Kier alpha value is -0.780. The average Bonchev–Trinajstić information content (AvgIpc) is 2.16. The van der Waals surface area contributed by atoms with Gasteiger partial charge in [-0.05, 0) is 18.2 Å². The smallest absolute Gasteiger partial charge is 0.261 e. The minimum absolute atomic E-state index is 0.0621. The molecule has 0 atom stereocenters. The molecule has 0 N–H and O–H groups in total. The molecule has 1 aromatic rings. The van der Waals surface area contributed by atoms with Gasteiger partial charge in [0, 0.05) is 16.2 Å². The van der Waals surface area contributed by atoms with E-state index in [1.807, 2.05) is 0 Å². The van der Waals surface area contributed by atoms with Gasteiger partial charge in [-0.3, -0.25) is 0 Å². The lowest BCUT2D eigenvalue weighted by atomic mass is 10.2. The Morgan fingerprint density at radius 3 is 2.86 bits per heavy atom. The maximum Gasteiger partial charge on any atom is 0.261 e. The SMILES string of the molecule is O=S(=O)(Cl)c1ccc2c(c1)COCO2. The highest BCUT2D eigenvalue weighted by Crippen LogP contribution is 2.27. The molecule has 0 radical (unpaired) electrons. The lowest BCUT2D eigenvalue weighted by molar-refractivity contribution is -0.0165. The molecule has 76 valence electrons. The van der Waals surface area contributed by atoms with Crippen molar-refractivity contribution < 1.29 is 17.9 Å². The summed E-state index contributed by atoms with van der Waals surface area (Å²) in [5, 5.41) is 0. The fourth-order valence-corrected chi connectivity index (χ4v) is 2.02. The minimum atomic E-state index is -3.68. The number of ether oxygens (including phenoxy) is 2. The van der Waals surface area contributed by atoms with Crippen molar-refractivity contribution in [2.75, 3.05) is 6.79 Å². The number of halogens is 1. The normalized spacial score (nSPS) is 15.8. The molecule has 0 spiro atoms. The summed E-state index contributed by atoms with van der Waals surface area (Å²) in [5.74, 6) is 0.639. The molecule has 0 saturated carbocycles. The summed E-state index contributed by atoms with van der Waals surface area (Å²) in [6.07, 6.45) is 0. The van der Waals surface area contributed by atoms with Crippen LogP contribution in [0, 0.1) is 0 Å². The summed E-state index contributed by atoms with van der Waals surface area (Å²) >= 11 is 0. The molecule has 6 heteroatoms. The third-order valence-electron chi connectivity index (χ3n) is 1.87. The topological polar surface area (TPSA) is 52.6 Å². The predicted octanol–water partition coefficient (Wildman–Crippen LogP) is 1.48. The zero-order valence-electron chi connectivity index (χ0n) is 7.07. The van der Waals surface area contributed by atoms with Crippen LogP contribution in [0.2, 0.25) is 0 Å². The van der Waals surface area contributed by atoms with Crippen molar-refractivity contribution in [1.82, 2.24) is 0 Å². The van der Waals surface area contributed by atoms with Gasteiger partial charge in [0.2, 0.25) is 0 Å². The largest absolute Gasteiger partial charge is 0.467 e. The van der Waals surface area contributed by atoms with Crippen molar-refractivity contribution in [2.45, 2.75) is 11.5 Å². The van der Waals surface area contributed by atoms with Gasteiger partial charge in [0.15, 0.2) is 6.79 Å². The monoisotopic (exact) mass is 234 g/mol. The van der Waals surface area contributed by atoms with E-state index in [1.54, 1.807) is 6.07 Å². The van der Waals surface area contributed by atoms with Crippen LogP contribution in [0.1, 0.15) is 5.56 Å². The van der Waals surface area contributed by atoms with Crippen LogP contribution in [0.25, 0.3) is 0 Å². The molecular weight excluding hydrogens is 228 g/mol. The molecule has 14 heavy (non-hydrogen) atoms. The first-order valence-electron chi connectivity index (χ1n) is 3.85. The van der Waals surface area contributed by atoms with Crippen LogP contribution in [-0.2, 0) is 20.4 Å². The molecule has 0 saturated heterocycles. The highest BCUT2D eigenvalue weighted by Gasteiger charge is 2.16. The highest BCUT2D eigenvalue weighted by molar-refractivity contribution is 8.13. The molecule has 0 fully saturated rings. The van der Waals surface area contributed by atoms with E-state index in [0.29, 0.717) is 17.9 Å². The summed E-state index contributed by atoms with van der Waals surface area (Å²) in [5.41, 5.74) is 0.693. The van der Waals surface area contributed by atoms with Gasteiger partial charge in [0.25, 0.3) is 9.05 Å². The number of hydrogen-bond acceptors (Lipinski definition) is 4. The Kier molecular flexibility index (Phi) is 2.38. The van der Waals surface area contributed by atoms with E-state index in [4.69, 9.17) is 20.2 Å². The molecule has 1 aromatic carbocycles. The minimum Gasteiger partial charge on any atom is -0.467 e. The molecule has 1 aliphatic heterocycles. The molecule has 0 unspecified atom stereocenters. The molecule has 4 nitrogen and oxygen atoms in total. The Balaban J connectivity index is 2.49. The maximum atomic E-state index is 11.0. The van der Waals surface area contributed by atoms with Crippen molar-refractivity contribution in [3.63, 3.8) is 0 Å². The Morgan fingerprint density at radius 2 is 2.14 bits per heavy atom. The van der Waals surface area contributed by atoms with Crippen molar-refractivity contribution in [3.8, 4) is 5.75 Å². The standard InChI is InChI=1S/C8H7ClO4S/c9-14(10,11)7-1-2-8-6(3-7)4-12-5-13-8/h1-3H,4-5H2. The molecule has 1 heterocycles. The lowest BCUT2D eigenvalue weighted by Gasteiger charge is -2.17. The second-order valence-electron chi connectivity index (χ2n) is 2.82. The fraction of sp³-hybridized carbons (Fsp3) is 0.250. The van der Waals surface area contributed by atoms with Crippen molar-refractivity contribution >= 4 is 19.7 Å². The van der Waals surface area contributed by atoms with E-state index in [2.05, 4.69) is 0 Å². The van der Waals surface area contributed by atoms with E-state index in [1.165, 1.54) is 12.1 Å². The van der Waals surface area contributed by atoms with Gasteiger partial charge in [0.05, 0.1) is 11.5 Å². The molecule has 0 aromatic heterocycles. The van der Waals surface area contributed by atoms with Crippen LogP contribution >= 0.6 is 10.7 Å². The van der Waals surface area contributed by atoms with Gasteiger partial charge in [0.1, 0.15) is 5.75 Å². The summed E-state index contributed by atoms with van der Waals surface area (Å²) in [7, 11) is 1.52. The Labute approximate surface area is 85.8 Å². The highest BCUT2D eigenvalue weighted by atomic mass is 35.7. The third kappa shape index (κ3) is 1.84. The van der Waals surface area contributed by atoms with Gasteiger partial charge in [-0.15, -0.1) is 0 Å². The van der Waals surface area contributed by atoms with Crippen molar-refractivity contribution in [2.24, 2.45) is 0 Å². The van der Waals surface area contributed by atoms with Crippen LogP contribution in [0.15, 0.2) is 23.1 Å². The molecule has 0 bridgehead atoms. The summed E-state index contributed by atoms with van der Waals surface area (Å²) < 4.78 is 32.1. The van der Waals surface area contributed by atoms with Gasteiger partial charge >= 0.3 is 0 Å². The van der Waals surface area contributed by atoms with Crippen molar-refractivity contribution in [3.05, 3.63) is 23.8 Å². The Bertz CT molecular complexity index is 454. The molecular formula is C8H7ClO4S. The summed E-state index contributed by atoms with van der Waals surface area (Å²) in [6, 6.07) is 4.44. The number of fused-ring (bicyclic) bond motifs is 1. The first-order valence-corrected chi connectivity index (χ1v) is 6.16. The zero-order chi connectivity index (χ0) is 10.2. The van der Waals surface area contributed by atoms with E-state index < -0.39 is 9.05 Å². The first-order chi connectivity index (χ1) is 6.57. The van der Waals surface area contributed by atoms with Gasteiger partial charge in [-0.25, -0.2) is 8.42 Å². The average molecular weight is 235 g/mol. The van der Waals surface area contributed by atoms with Gasteiger partial charge < -0.3 is 9.47 Å². The molecule has 2 rings (SSSR count). The molecule has 1 aliphatic rings. The first kappa shape index (κ1) is 9.76. The summed E-state index contributed by atoms with van der Waals surface area (Å²) in [6.45, 7) is 0.537. The third-order valence-corrected chi connectivity index (χ3v) is 3.22. The quantitative estimate of drug-likeness (QED) is 0.691. The van der Waals surface area contributed by atoms with E-state index in [-0.39, 0.29) is 11.7 Å². The second-order valence-corrected chi connectivity index (χ2v) is 5.38. The Morgan fingerprint density at radius 1 is 1.36 bits per heavy atom. The van der Waals surface area contributed by atoms with E-state index >= 15 is 0 Å². The molecule has 0 amide bonds. The fourth-order valence-electron chi connectivity index (χ4n) is 1.22. The number of rotatable bonds is 1. The van der Waals surface area contributed by atoms with Crippen LogP contribution in [0.3, 0.4) is 0 Å². The van der Waals surface area contributed by atoms with Crippen LogP contribution in [0.4, 0.5) is 0 Å². The molecule has 0 aliphatic carbocycles. The van der Waals surface area contributed by atoms with Gasteiger partial charge in [-0.2, -0.15) is 0 Å². The maximum absolute atomic E-state index is 11.0. The number of hydrogen-bond donors (Lipinski definition) is 0. The van der Waals surface area contributed by atoms with E-state index in [0.717, 1.165) is 0 Å².